The van der Waals surface area contributed by atoms with E-state index >= 15 is 0 Å². The molecule has 1 heteroatoms. The SMILES string of the molecule is CCCCCCCCCCc1c(CCCCCCCC)cc(O)c(-c2ccccc2)c1C(C)C. The molecule has 2 aromatic carbocycles. The number of unbranched alkanes of at least 4 members (excludes halogenated alkanes) is 12. The average Bonchev–Trinajstić information content (AvgIpc) is 2.83. The highest BCUT2D eigenvalue weighted by Gasteiger charge is 2.21. The van der Waals surface area contributed by atoms with Crippen molar-refractivity contribution in [3.8, 4) is 16.9 Å². The molecule has 0 aliphatic carbocycles. The molecule has 2 rings (SSSR count). The van der Waals surface area contributed by atoms with Crippen LogP contribution in [0.25, 0.3) is 11.1 Å². The van der Waals surface area contributed by atoms with Gasteiger partial charge in [0.15, 0.2) is 0 Å². The molecule has 190 valence electrons. The highest BCUT2D eigenvalue weighted by Crippen LogP contribution is 2.41. The minimum absolute atomic E-state index is 0.398. The molecule has 0 unspecified atom stereocenters. The summed E-state index contributed by atoms with van der Waals surface area (Å²) in [6.45, 7) is 9.17. The van der Waals surface area contributed by atoms with E-state index in [0.717, 1.165) is 24.0 Å². The van der Waals surface area contributed by atoms with Crippen molar-refractivity contribution in [1.82, 2.24) is 0 Å². The summed E-state index contributed by atoms with van der Waals surface area (Å²) in [6.07, 6.45) is 21.0. The van der Waals surface area contributed by atoms with E-state index in [9.17, 15) is 5.11 Å². The molecule has 0 saturated carbocycles. The molecule has 0 aromatic heterocycles. The molecular weight excluding hydrogens is 412 g/mol. The molecule has 0 saturated heterocycles. The first-order valence-electron chi connectivity index (χ1n) is 14.5. The first-order chi connectivity index (χ1) is 16.6. The molecule has 0 aliphatic heterocycles. The predicted octanol–water partition coefficient (Wildman–Crippen LogP) is 10.8. The van der Waals surface area contributed by atoms with Crippen LogP contribution < -0.4 is 0 Å². The maximum absolute atomic E-state index is 11.2. The molecule has 0 bridgehead atoms. The zero-order valence-corrected chi connectivity index (χ0v) is 22.8. The minimum Gasteiger partial charge on any atom is -0.507 e. The Kier molecular flexibility index (Phi) is 14.1. The fourth-order valence-electron chi connectivity index (χ4n) is 5.38. The third-order valence-corrected chi connectivity index (χ3v) is 7.27. The maximum atomic E-state index is 11.2. The molecule has 0 amide bonds. The van der Waals surface area contributed by atoms with Crippen LogP contribution in [0.4, 0.5) is 0 Å². The van der Waals surface area contributed by atoms with Crippen molar-refractivity contribution in [2.24, 2.45) is 0 Å². The molecule has 1 nitrogen and oxygen atoms in total. The molecule has 34 heavy (non-hydrogen) atoms. The van der Waals surface area contributed by atoms with Crippen molar-refractivity contribution in [3.05, 3.63) is 53.1 Å². The zero-order chi connectivity index (χ0) is 24.6. The monoisotopic (exact) mass is 464 g/mol. The zero-order valence-electron chi connectivity index (χ0n) is 22.8. The van der Waals surface area contributed by atoms with Crippen LogP contribution in [0.2, 0.25) is 0 Å². The standard InChI is InChI=1S/C33H52O/c1-5-7-9-11-13-14-16-21-25-30-29(24-18-15-12-10-8-6-2)26-31(34)33(32(30)27(3)4)28-22-19-17-20-23-28/h17,19-20,22-23,26-27,34H,5-16,18,21,24-25H2,1-4H3. The Balaban J connectivity index is 2.19. The Morgan fingerprint density at radius 2 is 1.15 bits per heavy atom. The summed E-state index contributed by atoms with van der Waals surface area (Å²) < 4.78 is 0. The van der Waals surface area contributed by atoms with Gasteiger partial charge in [-0.3, -0.25) is 0 Å². The van der Waals surface area contributed by atoms with Crippen molar-refractivity contribution in [2.45, 2.75) is 136 Å². The van der Waals surface area contributed by atoms with Gasteiger partial charge >= 0.3 is 0 Å². The van der Waals surface area contributed by atoms with Gasteiger partial charge in [-0.2, -0.15) is 0 Å². The van der Waals surface area contributed by atoms with Crippen LogP contribution in [0, 0.1) is 0 Å². The van der Waals surface area contributed by atoms with Crippen LogP contribution in [-0.4, -0.2) is 5.11 Å². The normalized spacial score (nSPS) is 11.4. The number of aryl methyl sites for hydroxylation is 1. The summed E-state index contributed by atoms with van der Waals surface area (Å²) in [5.41, 5.74) is 6.53. The van der Waals surface area contributed by atoms with Crippen molar-refractivity contribution in [1.29, 1.82) is 0 Å². The van der Waals surface area contributed by atoms with Crippen molar-refractivity contribution >= 4 is 0 Å². The van der Waals surface area contributed by atoms with Crippen LogP contribution >= 0.6 is 0 Å². The molecule has 2 aromatic rings. The van der Waals surface area contributed by atoms with Crippen molar-refractivity contribution < 1.29 is 5.11 Å². The minimum atomic E-state index is 0.398. The van der Waals surface area contributed by atoms with E-state index in [1.807, 2.05) is 0 Å². The number of benzene rings is 2. The highest BCUT2D eigenvalue weighted by atomic mass is 16.3. The van der Waals surface area contributed by atoms with E-state index in [2.05, 4.69) is 64.1 Å². The van der Waals surface area contributed by atoms with Gasteiger partial charge in [-0.25, -0.2) is 0 Å². The van der Waals surface area contributed by atoms with Gasteiger partial charge in [0.2, 0.25) is 0 Å². The second kappa shape index (κ2) is 16.8. The third-order valence-electron chi connectivity index (χ3n) is 7.27. The van der Waals surface area contributed by atoms with E-state index in [0.29, 0.717) is 11.7 Å². The first kappa shape index (κ1) is 28.5. The Morgan fingerprint density at radius 3 is 1.68 bits per heavy atom. The maximum Gasteiger partial charge on any atom is 0.123 e. The van der Waals surface area contributed by atoms with Crippen LogP contribution in [0.3, 0.4) is 0 Å². The Hall–Kier alpha value is -1.76. The Bertz CT molecular complexity index is 790. The molecule has 0 radical (unpaired) electrons. The van der Waals surface area contributed by atoms with Crippen LogP contribution in [0.1, 0.15) is 140 Å². The Morgan fingerprint density at radius 1 is 0.647 bits per heavy atom. The molecule has 0 atom stereocenters. The highest BCUT2D eigenvalue weighted by molar-refractivity contribution is 5.76. The number of phenols is 1. The lowest BCUT2D eigenvalue weighted by atomic mass is 9.82. The molecule has 1 N–H and O–H groups in total. The quantitative estimate of drug-likeness (QED) is 0.217. The lowest BCUT2D eigenvalue weighted by Crippen LogP contribution is -2.06. The number of hydrogen-bond donors (Lipinski definition) is 1. The first-order valence-corrected chi connectivity index (χ1v) is 14.5. The lowest BCUT2D eigenvalue weighted by Gasteiger charge is -2.23. The summed E-state index contributed by atoms with van der Waals surface area (Å²) in [4.78, 5) is 0. The Labute approximate surface area is 211 Å². The summed E-state index contributed by atoms with van der Waals surface area (Å²) in [6, 6.07) is 12.6. The van der Waals surface area contributed by atoms with E-state index in [4.69, 9.17) is 0 Å². The van der Waals surface area contributed by atoms with Crippen LogP contribution in [0.5, 0.6) is 5.75 Å². The topological polar surface area (TPSA) is 20.2 Å². The van der Waals surface area contributed by atoms with Crippen molar-refractivity contribution in [2.75, 3.05) is 0 Å². The lowest BCUT2D eigenvalue weighted by molar-refractivity contribution is 0.474. The fraction of sp³-hybridized carbons (Fsp3) is 0.636. The van der Waals surface area contributed by atoms with E-state index in [-0.39, 0.29) is 0 Å². The molecule has 0 fully saturated rings. The van der Waals surface area contributed by atoms with Gasteiger partial charge < -0.3 is 5.11 Å². The molecular formula is C33H52O. The molecule has 0 spiro atoms. The molecule has 0 heterocycles. The molecule has 0 aliphatic rings. The summed E-state index contributed by atoms with van der Waals surface area (Å²) in [7, 11) is 0. The predicted molar refractivity (Wildman–Crippen MR) is 151 cm³/mol. The van der Waals surface area contributed by atoms with Gasteiger partial charge in [-0.1, -0.05) is 135 Å². The second-order valence-corrected chi connectivity index (χ2v) is 10.6. The summed E-state index contributed by atoms with van der Waals surface area (Å²) in [5, 5.41) is 11.2. The number of aromatic hydroxyl groups is 1. The largest absolute Gasteiger partial charge is 0.507 e. The van der Waals surface area contributed by atoms with E-state index in [1.165, 1.54) is 107 Å². The number of rotatable bonds is 18. The van der Waals surface area contributed by atoms with E-state index in [1.54, 1.807) is 0 Å². The van der Waals surface area contributed by atoms with Gasteiger partial charge in [-0.15, -0.1) is 0 Å². The second-order valence-electron chi connectivity index (χ2n) is 10.6. The van der Waals surface area contributed by atoms with Gasteiger partial charge in [0.25, 0.3) is 0 Å². The average molecular weight is 465 g/mol. The summed E-state index contributed by atoms with van der Waals surface area (Å²) in [5.74, 6) is 0.866. The van der Waals surface area contributed by atoms with Gasteiger partial charge in [-0.05, 0) is 59.9 Å². The summed E-state index contributed by atoms with van der Waals surface area (Å²) >= 11 is 0. The number of phenolic OH excluding ortho intramolecular Hbond substituents is 1. The van der Waals surface area contributed by atoms with Crippen LogP contribution in [-0.2, 0) is 12.8 Å². The van der Waals surface area contributed by atoms with Gasteiger partial charge in [0.1, 0.15) is 5.75 Å². The smallest absolute Gasteiger partial charge is 0.123 e. The van der Waals surface area contributed by atoms with Crippen molar-refractivity contribution in [3.63, 3.8) is 0 Å². The van der Waals surface area contributed by atoms with E-state index < -0.39 is 0 Å². The van der Waals surface area contributed by atoms with Gasteiger partial charge in [0.05, 0.1) is 0 Å². The fourth-order valence-corrected chi connectivity index (χ4v) is 5.38. The van der Waals surface area contributed by atoms with Gasteiger partial charge in [0, 0.05) is 5.56 Å². The number of hydrogen-bond acceptors (Lipinski definition) is 1. The van der Waals surface area contributed by atoms with Crippen LogP contribution in [0.15, 0.2) is 36.4 Å². The third kappa shape index (κ3) is 9.47.